The molecule has 0 amide bonds. The summed E-state index contributed by atoms with van der Waals surface area (Å²) in [6, 6.07) is 0. The first kappa shape index (κ1) is 6.88. The van der Waals surface area contributed by atoms with E-state index in [1.807, 2.05) is 0 Å². The van der Waals surface area contributed by atoms with Crippen molar-refractivity contribution in [3.05, 3.63) is 0 Å². The Morgan fingerprint density at radius 1 is 1.83 bits per heavy atom. The predicted octanol–water partition coefficient (Wildman–Crippen LogP) is 0.331. The zero-order valence-corrected chi connectivity index (χ0v) is 6.21. The van der Waals surface area contributed by atoms with Crippen molar-refractivity contribution in [2.24, 2.45) is 0 Å². The third-order valence-corrected chi connectivity index (χ3v) is 2.45. The van der Waals surface area contributed by atoms with E-state index in [1.165, 1.54) is 0 Å². The van der Waals surface area contributed by atoms with Gasteiger partial charge < -0.3 is 0 Å². The zero-order valence-electron chi connectivity index (χ0n) is 4.21. The van der Waals surface area contributed by atoms with Gasteiger partial charge in [0, 0.05) is 0 Å². The highest BCUT2D eigenvalue weighted by molar-refractivity contribution is 8.22. The third kappa shape index (κ3) is 4.88. The van der Waals surface area contributed by atoms with Crippen LogP contribution in [-0.4, -0.2) is 14.1 Å². The van der Waals surface area contributed by atoms with E-state index in [-0.39, 0.29) is 0 Å². The van der Waals surface area contributed by atoms with Crippen LogP contribution in [0.3, 0.4) is 0 Å². The first-order valence-corrected chi connectivity index (χ1v) is 5.56. The van der Waals surface area contributed by atoms with Gasteiger partial charge in [0.05, 0.1) is 0 Å². The minimum Gasteiger partial charge on any atom is -0.296 e. The molecule has 1 nitrogen and oxygen atoms in total. The van der Waals surface area contributed by atoms with E-state index in [0.717, 1.165) is 23.1 Å². The number of nitrogens with one attached hydrogen (secondary N) is 1. The molecule has 0 heterocycles. The monoisotopic (exact) mass is 121 g/mol. The standard InChI is InChI=1S/C2H10BNP2/c1-2-4-6-5-3/h4-6H,2-3H2,1H3. The van der Waals surface area contributed by atoms with Crippen LogP contribution in [0.25, 0.3) is 0 Å². The molecule has 2 unspecified atom stereocenters. The van der Waals surface area contributed by atoms with Gasteiger partial charge >= 0.3 is 0 Å². The lowest BCUT2D eigenvalue weighted by atomic mass is 10.8. The Balaban J connectivity index is 2.34. The molecule has 0 aromatic rings. The second-order valence-electron chi connectivity index (χ2n) is 0.905. The first-order chi connectivity index (χ1) is 2.91. The van der Waals surface area contributed by atoms with Gasteiger partial charge in [0.25, 0.3) is 0 Å². The van der Waals surface area contributed by atoms with Gasteiger partial charge in [0.15, 0.2) is 0 Å². The van der Waals surface area contributed by atoms with E-state index in [4.69, 9.17) is 0 Å². The molecular weight excluding hydrogens is 111 g/mol. The maximum atomic E-state index is 3.24. The summed E-state index contributed by atoms with van der Waals surface area (Å²) in [6.45, 7) is 3.26. The fourth-order valence-corrected chi connectivity index (χ4v) is 1.59. The topological polar surface area (TPSA) is 12.0 Å². The van der Waals surface area contributed by atoms with E-state index in [1.54, 1.807) is 0 Å². The Morgan fingerprint density at radius 3 is 2.67 bits per heavy atom. The summed E-state index contributed by atoms with van der Waals surface area (Å²) in [5.41, 5.74) is 0. The highest BCUT2D eigenvalue weighted by atomic mass is 32.0. The van der Waals surface area contributed by atoms with Crippen LogP contribution in [0.1, 0.15) is 6.92 Å². The van der Waals surface area contributed by atoms with Crippen molar-refractivity contribution in [2.75, 3.05) is 6.54 Å². The molecule has 0 saturated heterocycles. The van der Waals surface area contributed by atoms with Gasteiger partial charge in [-0.25, -0.2) is 0 Å². The molecule has 4 heteroatoms. The van der Waals surface area contributed by atoms with Gasteiger partial charge in [-0.3, -0.25) is 5.09 Å². The molecule has 1 N–H and O–H groups in total. The van der Waals surface area contributed by atoms with Gasteiger partial charge in [-0.15, -0.1) is 8.15 Å². The minimum atomic E-state index is 0.993. The van der Waals surface area contributed by atoms with Crippen molar-refractivity contribution in [2.45, 2.75) is 6.92 Å². The lowest BCUT2D eigenvalue weighted by Crippen LogP contribution is -1.94. The van der Waals surface area contributed by atoms with Crippen LogP contribution in [-0.2, 0) is 0 Å². The summed E-state index contributed by atoms with van der Waals surface area (Å²) < 4.78 is 0. The Bertz CT molecular complexity index is 23.5. The number of hydrogen-bond donors (Lipinski definition) is 1. The maximum absolute atomic E-state index is 3.24. The molecule has 0 aromatic carbocycles. The molecular formula is C2H10BNP2. The highest BCUT2D eigenvalue weighted by Crippen LogP contribution is 2.26. The van der Waals surface area contributed by atoms with E-state index < -0.39 is 0 Å². The van der Waals surface area contributed by atoms with Gasteiger partial charge in [0.2, 0.25) is 0 Å². The van der Waals surface area contributed by atoms with E-state index in [0.29, 0.717) is 0 Å². The molecule has 0 radical (unpaired) electrons. The summed E-state index contributed by atoms with van der Waals surface area (Å²) in [4.78, 5) is 0. The molecule has 0 aromatic heterocycles. The van der Waals surface area contributed by atoms with E-state index in [2.05, 4.69) is 19.6 Å². The smallest absolute Gasteiger partial charge is 0.137 e. The summed E-state index contributed by atoms with van der Waals surface area (Å²) in [5, 5.41) is 3.24. The Hall–Kier alpha value is 0.885. The Morgan fingerprint density at radius 2 is 2.50 bits per heavy atom. The molecule has 0 fully saturated rings. The summed E-state index contributed by atoms with van der Waals surface area (Å²) in [5.74, 6) is 0. The Kier molecular flexibility index (Phi) is 6.75. The Labute approximate surface area is 43.5 Å². The average molecular weight is 121 g/mol. The normalized spacial score (nSPS) is 12.8. The van der Waals surface area contributed by atoms with Crippen LogP contribution >= 0.6 is 16.6 Å². The second-order valence-corrected chi connectivity index (χ2v) is 4.26. The molecule has 0 aliphatic rings. The number of rotatable bonds is 3. The first-order valence-electron chi connectivity index (χ1n) is 2.06. The lowest BCUT2D eigenvalue weighted by molar-refractivity contribution is 1.03. The molecule has 0 aliphatic carbocycles. The average Bonchev–Trinajstić information content (AvgIpc) is 1.61. The molecule has 0 rings (SSSR count). The number of hydrogen-bond acceptors (Lipinski definition) is 1. The SMILES string of the molecule is BPPNCC. The van der Waals surface area contributed by atoms with Crippen molar-refractivity contribution >= 4 is 24.1 Å². The summed E-state index contributed by atoms with van der Waals surface area (Å²) in [6.07, 6.45) is 0. The molecule has 2 atom stereocenters. The molecule has 36 valence electrons. The van der Waals surface area contributed by atoms with Crippen molar-refractivity contribution in [3.63, 3.8) is 0 Å². The van der Waals surface area contributed by atoms with E-state index in [9.17, 15) is 0 Å². The van der Waals surface area contributed by atoms with Gasteiger partial charge in [-0.2, -0.15) is 0 Å². The minimum absolute atomic E-state index is 0.993. The van der Waals surface area contributed by atoms with Gasteiger partial charge in [-0.1, -0.05) is 6.92 Å². The van der Waals surface area contributed by atoms with Crippen LogP contribution in [0, 0.1) is 0 Å². The van der Waals surface area contributed by atoms with Gasteiger partial charge in [-0.05, 0) is 15.0 Å². The summed E-state index contributed by atoms with van der Waals surface area (Å²) >= 11 is 0. The third-order valence-electron chi connectivity index (χ3n) is 0.390. The quantitative estimate of drug-likeness (QED) is 0.322. The van der Waals surface area contributed by atoms with Crippen LogP contribution in [0.4, 0.5) is 0 Å². The van der Waals surface area contributed by atoms with Crippen molar-refractivity contribution in [3.8, 4) is 0 Å². The molecule has 6 heavy (non-hydrogen) atoms. The highest BCUT2D eigenvalue weighted by Gasteiger charge is 1.70. The lowest BCUT2D eigenvalue weighted by Gasteiger charge is -1.92. The van der Waals surface area contributed by atoms with Crippen LogP contribution in [0.5, 0.6) is 0 Å². The fraction of sp³-hybridized carbons (Fsp3) is 1.00. The maximum Gasteiger partial charge on any atom is 0.137 e. The molecule has 0 aliphatic heterocycles. The van der Waals surface area contributed by atoms with Crippen LogP contribution in [0.15, 0.2) is 0 Å². The van der Waals surface area contributed by atoms with Crippen LogP contribution in [0.2, 0.25) is 0 Å². The molecule has 0 spiro atoms. The fourth-order valence-electron chi connectivity index (χ4n) is 0.177. The van der Waals surface area contributed by atoms with E-state index >= 15 is 0 Å². The van der Waals surface area contributed by atoms with Crippen molar-refractivity contribution < 1.29 is 0 Å². The molecule has 0 bridgehead atoms. The zero-order chi connectivity index (χ0) is 4.83. The van der Waals surface area contributed by atoms with Gasteiger partial charge in [0.1, 0.15) is 7.57 Å². The molecule has 0 saturated carbocycles. The van der Waals surface area contributed by atoms with Crippen molar-refractivity contribution in [1.29, 1.82) is 0 Å². The largest absolute Gasteiger partial charge is 0.296 e. The summed E-state index contributed by atoms with van der Waals surface area (Å²) in [7, 11) is 4.28. The van der Waals surface area contributed by atoms with Crippen LogP contribution < -0.4 is 5.09 Å². The predicted molar refractivity (Wildman–Crippen MR) is 38.9 cm³/mol. The second kappa shape index (κ2) is 5.88. The van der Waals surface area contributed by atoms with Crippen molar-refractivity contribution in [1.82, 2.24) is 5.09 Å².